The van der Waals surface area contributed by atoms with Crippen LogP contribution >= 0.6 is 0 Å². The molecule has 1 N–H and O–H groups in total. The molecule has 0 atom stereocenters. The van der Waals surface area contributed by atoms with Gasteiger partial charge in [0.15, 0.2) is 11.5 Å². The minimum absolute atomic E-state index is 0.0727. The number of fused-ring (bicyclic) bond motifs is 1. The van der Waals surface area contributed by atoms with Crippen molar-refractivity contribution in [3.8, 4) is 11.5 Å². The van der Waals surface area contributed by atoms with Gasteiger partial charge in [0, 0.05) is 24.2 Å². The van der Waals surface area contributed by atoms with Gasteiger partial charge in [0.2, 0.25) is 5.91 Å². The number of nitrogens with one attached hydrogen (secondary N) is 1. The molecule has 1 aliphatic rings. The fourth-order valence-corrected chi connectivity index (χ4v) is 2.82. The van der Waals surface area contributed by atoms with Gasteiger partial charge in [-0.05, 0) is 45.0 Å². The summed E-state index contributed by atoms with van der Waals surface area (Å²) < 4.78 is 16.9. The topological polar surface area (TPSA) is 63.9 Å². The number of rotatable bonds is 6. The van der Waals surface area contributed by atoms with Crippen LogP contribution in [-0.2, 0) is 11.3 Å². The van der Waals surface area contributed by atoms with Gasteiger partial charge in [0.25, 0.3) is 0 Å². The number of carbonyl (C=O) groups is 1. The third-order valence-electron chi connectivity index (χ3n) is 4.26. The number of anilines is 1. The zero-order valence-corrected chi connectivity index (χ0v) is 15.6. The smallest absolute Gasteiger partial charge is 0.238 e. The van der Waals surface area contributed by atoms with Gasteiger partial charge in [0.05, 0.1) is 26.3 Å². The molecule has 0 saturated carbocycles. The standard InChI is InChI=1S/C20H26N2O4/c1-14(2)22(12-17-7-5-15(3)26-17)13-20(23)21-16-6-8-18-19(11-16)25-10-4-9-24-18/h5-8,11,14H,4,9-10,12-13H2,1-3H3,(H,21,23). The normalized spacial score (nSPS) is 13.7. The molecule has 1 amide bonds. The van der Waals surface area contributed by atoms with Gasteiger partial charge in [-0.2, -0.15) is 0 Å². The van der Waals surface area contributed by atoms with Crippen LogP contribution < -0.4 is 14.8 Å². The highest BCUT2D eigenvalue weighted by Gasteiger charge is 2.17. The van der Waals surface area contributed by atoms with Crippen molar-refractivity contribution >= 4 is 11.6 Å². The van der Waals surface area contributed by atoms with E-state index in [2.05, 4.69) is 24.1 Å². The van der Waals surface area contributed by atoms with E-state index in [1.807, 2.05) is 37.3 Å². The maximum Gasteiger partial charge on any atom is 0.238 e. The Morgan fingerprint density at radius 2 is 1.92 bits per heavy atom. The number of benzene rings is 1. The van der Waals surface area contributed by atoms with E-state index < -0.39 is 0 Å². The van der Waals surface area contributed by atoms with Crippen LogP contribution in [0.2, 0.25) is 0 Å². The number of hydrogen-bond acceptors (Lipinski definition) is 5. The maximum atomic E-state index is 12.5. The Morgan fingerprint density at radius 3 is 2.62 bits per heavy atom. The highest BCUT2D eigenvalue weighted by molar-refractivity contribution is 5.92. The van der Waals surface area contributed by atoms with Gasteiger partial charge >= 0.3 is 0 Å². The third kappa shape index (κ3) is 4.79. The summed E-state index contributed by atoms with van der Waals surface area (Å²) in [4.78, 5) is 14.6. The first-order valence-corrected chi connectivity index (χ1v) is 9.00. The molecular formula is C20H26N2O4. The first kappa shape index (κ1) is 18.3. The second-order valence-electron chi connectivity index (χ2n) is 6.77. The molecule has 2 heterocycles. The Morgan fingerprint density at radius 1 is 1.15 bits per heavy atom. The van der Waals surface area contributed by atoms with Crippen molar-refractivity contribution < 1.29 is 18.7 Å². The lowest BCUT2D eigenvalue weighted by molar-refractivity contribution is -0.117. The predicted octanol–water partition coefficient (Wildman–Crippen LogP) is 3.60. The first-order chi connectivity index (χ1) is 12.5. The average Bonchev–Trinajstić information content (AvgIpc) is 2.86. The largest absolute Gasteiger partial charge is 0.490 e. The number of aryl methyl sites for hydroxylation is 1. The SMILES string of the molecule is Cc1ccc(CN(CC(=O)Nc2ccc3c(c2)OCCCO3)C(C)C)o1. The molecule has 6 nitrogen and oxygen atoms in total. The highest BCUT2D eigenvalue weighted by Crippen LogP contribution is 2.32. The third-order valence-corrected chi connectivity index (χ3v) is 4.26. The molecule has 0 radical (unpaired) electrons. The van der Waals surface area contributed by atoms with E-state index in [9.17, 15) is 4.79 Å². The maximum absolute atomic E-state index is 12.5. The Balaban J connectivity index is 1.62. The van der Waals surface area contributed by atoms with Crippen LogP contribution in [0.4, 0.5) is 5.69 Å². The zero-order valence-electron chi connectivity index (χ0n) is 15.6. The van der Waals surface area contributed by atoms with E-state index in [0.717, 1.165) is 23.7 Å². The van der Waals surface area contributed by atoms with Crippen molar-refractivity contribution in [1.29, 1.82) is 0 Å². The summed E-state index contributed by atoms with van der Waals surface area (Å²) in [5.74, 6) is 3.06. The molecule has 0 saturated heterocycles. The summed E-state index contributed by atoms with van der Waals surface area (Å²) >= 11 is 0. The molecule has 0 fully saturated rings. The van der Waals surface area contributed by atoms with Crippen LogP contribution in [0.25, 0.3) is 0 Å². The van der Waals surface area contributed by atoms with Crippen LogP contribution in [-0.4, -0.2) is 36.6 Å². The molecule has 6 heteroatoms. The van der Waals surface area contributed by atoms with Gasteiger partial charge in [-0.25, -0.2) is 0 Å². The molecule has 2 aromatic rings. The van der Waals surface area contributed by atoms with Gasteiger partial charge in [-0.15, -0.1) is 0 Å². The molecule has 3 rings (SSSR count). The Labute approximate surface area is 154 Å². The van der Waals surface area contributed by atoms with Crippen molar-refractivity contribution in [1.82, 2.24) is 4.90 Å². The molecule has 0 unspecified atom stereocenters. The van der Waals surface area contributed by atoms with Crippen molar-refractivity contribution in [2.24, 2.45) is 0 Å². The highest BCUT2D eigenvalue weighted by atomic mass is 16.5. The zero-order chi connectivity index (χ0) is 18.5. The lowest BCUT2D eigenvalue weighted by Gasteiger charge is -2.24. The number of hydrogen-bond donors (Lipinski definition) is 1. The van der Waals surface area contributed by atoms with Gasteiger partial charge in [0.1, 0.15) is 11.5 Å². The Bertz CT molecular complexity index is 754. The number of furan rings is 1. The molecular weight excluding hydrogens is 332 g/mol. The van der Waals surface area contributed by atoms with Gasteiger partial charge < -0.3 is 19.2 Å². The molecule has 1 aromatic heterocycles. The fraction of sp³-hybridized carbons (Fsp3) is 0.450. The number of carbonyl (C=O) groups excluding carboxylic acids is 1. The lowest BCUT2D eigenvalue weighted by Crippen LogP contribution is -2.37. The van der Waals surface area contributed by atoms with E-state index in [-0.39, 0.29) is 18.5 Å². The van der Waals surface area contributed by atoms with E-state index in [0.29, 0.717) is 31.2 Å². The van der Waals surface area contributed by atoms with Crippen LogP contribution in [0, 0.1) is 6.92 Å². The number of ether oxygens (including phenoxy) is 2. The van der Waals surface area contributed by atoms with E-state index in [1.165, 1.54) is 0 Å². The Hall–Kier alpha value is -2.47. The quantitative estimate of drug-likeness (QED) is 0.855. The van der Waals surface area contributed by atoms with Crippen LogP contribution in [0.5, 0.6) is 11.5 Å². The van der Waals surface area contributed by atoms with Crippen LogP contribution in [0.1, 0.15) is 31.8 Å². The summed E-state index contributed by atoms with van der Waals surface area (Å²) in [5, 5.41) is 2.94. The summed E-state index contributed by atoms with van der Waals surface area (Å²) in [6, 6.07) is 9.59. The van der Waals surface area contributed by atoms with Crippen molar-refractivity contribution in [2.75, 3.05) is 25.1 Å². The summed E-state index contributed by atoms with van der Waals surface area (Å²) in [5.41, 5.74) is 0.705. The van der Waals surface area contributed by atoms with Crippen LogP contribution in [0.3, 0.4) is 0 Å². The average molecular weight is 358 g/mol. The summed E-state index contributed by atoms with van der Waals surface area (Å²) in [6.07, 6.45) is 0.853. The van der Waals surface area contributed by atoms with Crippen molar-refractivity contribution in [3.05, 3.63) is 41.9 Å². The van der Waals surface area contributed by atoms with Crippen LogP contribution in [0.15, 0.2) is 34.7 Å². The first-order valence-electron chi connectivity index (χ1n) is 9.00. The summed E-state index contributed by atoms with van der Waals surface area (Å²) in [6.45, 7) is 8.20. The van der Waals surface area contributed by atoms with Crippen molar-refractivity contribution in [3.63, 3.8) is 0 Å². The molecule has 0 spiro atoms. The monoisotopic (exact) mass is 358 g/mol. The predicted molar refractivity (Wildman–Crippen MR) is 99.7 cm³/mol. The molecule has 1 aromatic carbocycles. The number of amides is 1. The van der Waals surface area contributed by atoms with E-state index in [4.69, 9.17) is 13.9 Å². The van der Waals surface area contributed by atoms with E-state index in [1.54, 1.807) is 0 Å². The Kier molecular flexibility index (Phi) is 5.83. The second kappa shape index (κ2) is 8.27. The minimum atomic E-state index is -0.0727. The molecule has 26 heavy (non-hydrogen) atoms. The second-order valence-corrected chi connectivity index (χ2v) is 6.77. The molecule has 140 valence electrons. The van der Waals surface area contributed by atoms with Crippen molar-refractivity contribution in [2.45, 2.75) is 39.8 Å². The van der Waals surface area contributed by atoms with Gasteiger partial charge in [-0.1, -0.05) is 0 Å². The fourth-order valence-electron chi connectivity index (χ4n) is 2.82. The number of nitrogens with zero attached hydrogens (tertiary/aromatic N) is 1. The molecule has 1 aliphatic heterocycles. The lowest BCUT2D eigenvalue weighted by atomic mass is 10.2. The van der Waals surface area contributed by atoms with Gasteiger partial charge in [-0.3, -0.25) is 9.69 Å². The molecule has 0 aliphatic carbocycles. The minimum Gasteiger partial charge on any atom is -0.490 e. The summed E-state index contributed by atoms with van der Waals surface area (Å²) in [7, 11) is 0. The van der Waals surface area contributed by atoms with E-state index >= 15 is 0 Å². The molecule has 0 bridgehead atoms.